The second-order valence-electron chi connectivity index (χ2n) is 3.22. The Bertz CT molecular complexity index is 360. The van der Waals surface area contributed by atoms with Crippen molar-refractivity contribution in [1.29, 1.82) is 0 Å². The number of ether oxygens (including phenoxy) is 1. The molecule has 0 radical (unpaired) electrons. The third kappa shape index (κ3) is 1.84. The molecule has 1 aromatic rings. The van der Waals surface area contributed by atoms with Crippen LogP contribution < -0.4 is 0 Å². The molecule has 1 atom stereocenters. The van der Waals surface area contributed by atoms with Crippen LogP contribution in [0.15, 0.2) is 29.0 Å². The fourth-order valence-corrected chi connectivity index (χ4v) is 3.64. The van der Waals surface area contributed by atoms with Gasteiger partial charge in [-0.3, -0.25) is 4.79 Å². The summed E-state index contributed by atoms with van der Waals surface area (Å²) in [6.45, 7) is 2.28. The molecule has 1 aliphatic rings. The van der Waals surface area contributed by atoms with E-state index in [2.05, 4.69) is 0 Å². The highest BCUT2D eigenvalue weighted by Crippen LogP contribution is 2.47. The van der Waals surface area contributed by atoms with Crippen molar-refractivity contribution in [3.8, 4) is 0 Å². The summed E-state index contributed by atoms with van der Waals surface area (Å²) >= 11 is 3.16. The third-order valence-electron chi connectivity index (χ3n) is 2.30. The highest BCUT2D eigenvalue weighted by atomic mass is 32.2. The molecule has 0 saturated heterocycles. The van der Waals surface area contributed by atoms with Crippen LogP contribution in [0.4, 0.5) is 0 Å². The Morgan fingerprint density at radius 2 is 2.53 bits per heavy atom. The molecule has 2 heterocycles. The zero-order valence-corrected chi connectivity index (χ0v) is 10.1. The first kappa shape index (κ1) is 10.8. The Kier molecular flexibility index (Phi) is 3.17. The number of hydrogen-bond donors (Lipinski definition) is 0. The Morgan fingerprint density at radius 1 is 1.67 bits per heavy atom. The van der Waals surface area contributed by atoms with Crippen LogP contribution in [0.5, 0.6) is 0 Å². The maximum atomic E-state index is 12.0. The van der Waals surface area contributed by atoms with Gasteiger partial charge in [0.05, 0.1) is 6.61 Å². The Morgan fingerprint density at radius 3 is 3.07 bits per heavy atom. The van der Waals surface area contributed by atoms with Crippen LogP contribution >= 0.6 is 23.1 Å². The summed E-state index contributed by atoms with van der Waals surface area (Å²) in [5.74, 6) is -0.123. The predicted molar refractivity (Wildman–Crippen MR) is 64.0 cm³/mol. The van der Waals surface area contributed by atoms with E-state index in [9.17, 15) is 4.79 Å². The van der Waals surface area contributed by atoms with Gasteiger partial charge < -0.3 is 4.74 Å². The SMILES string of the molecule is CCOC(=O)C1(c2cccs2)CC=CS1. The summed E-state index contributed by atoms with van der Waals surface area (Å²) in [5.41, 5.74) is 0. The highest BCUT2D eigenvalue weighted by Gasteiger charge is 2.44. The van der Waals surface area contributed by atoms with Crippen molar-refractivity contribution in [1.82, 2.24) is 0 Å². The van der Waals surface area contributed by atoms with E-state index in [-0.39, 0.29) is 5.97 Å². The molecule has 80 valence electrons. The molecule has 0 aliphatic carbocycles. The van der Waals surface area contributed by atoms with Gasteiger partial charge in [-0.2, -0.15) is 0 Å². The largest absolute Gasteiger partial charge is 0.465 e. The molecule has 2 nitrogen and oxygen atoms in total. The quantitative estimate of drug-likeness (QED) is 0.759. The van der Waals surface area contributed by atoms with Crippen molar-refractivity contribution in [3.63, 3.8) is 0 Å². The number of hydrogen-bond acceptors (Lipinski definition) is 4. The van der Waals surface area contributed by atoms with E-state index in [4.69, 9.17) is 4.74 Å². The molecule has 1 unspecified atom stereocenters. The van der Waals surface area contributed by atoms with Gasteiger partial charge in [-0.15, -0.1) is 23.1 Å². The van der Waals surface area contributed by atoms with Crippen LogP contribution in [0.3, 0.4) is 0 Å². The number of thiophene rings is 1. The van der Waals surface area contributed by atoms with Gasteiger partial charge in [0.1, 0.15) is 0 Å². The third-order valence-corrected chi connectivity index (χ3v) is 4.74. The predicted octanol–water partition coefficient (Wildman–Crippen LogP) is 3.16. The van der Waals surface area contributed by atoms with Gasteiger partial charge in [0.15, 0.2) is 4.75 Å². The number of carbonyl (C=O) groups excluding carboxylic acids is 1. The lowest BCUT2D eigenvalue weighted by molar-refractivity contribution is -0.146. The summed E-state index contributed by atoms with van der Waals surface area (Å²) < 4.78 is 4.65. The smallest absolute Gasteiger partial charge is 0.328 e. The van der Waals surface area contributed by atoms with Crippen molar-refractivity contribution in [2.24, 2.45) is 0 Å². The standard InChI is InChI=1S/C11H12O2S2/c1-2-13-10(12)11(6-4-8-15-11)9-5-3-7-14-9/h3-5,7-8H,2,6H2,1H3. The van der Waals surface area contributed by atoms with Crippen molar-refractivity contribution < 1.29 is 9.53 Å². The zero-order chi connectivity index (χ0) is 10.7. The summed E-state index contributed by atoms with van der Waals surface area (Å²) in [6.07, 6.45) is 2.76. The molecule has 0 fully saturated rings. The van der Waals surface area contributed by atoms with Crippen LogP contribution in [-0.2, 0) is 14.3 Å². The lowest BCUT2D eigenvalue weighted by atomic mass is 10.0. The molecule has 1 aromatic heterocycles. The van der Waals surface area contributed by atoms with Crippen LogP contribution in [0, 0.1) is 0 Å². The van der Waals surface area contributed by atoms with Crippen molar-refractivity contribution >= 4 is 29.1 Å². The molecule has 0 aromatic carbocycles. The maximum Gasteiger partial charge on any atom is 0.328 e. The number of allylic oxidation sites excluding steroid dienone is 1. The molecule has 2 rings (SSSR count). The fourth-order valence-electron chi connectivity index (χ4n) is 1.57. The topological polar surface area (TPSA) is 26.3 Å². The molecule has 0 amide bonds. The van der Waals surface area contributed by atoms with Gasteiger partial charge in [-0.05, 0) is 30.2 Å². The van der Waals surface area contributed by atoms with E-state index < -0.39 is 4.75 Å². The molecule has 0 saturated carbocycles. The maximum absolute atomic E-state index is 12.0. The molecule has 15 heavy (non-hydrogen) atoms. The average Bonchev–Trinajstić information content (AvgIpc) is 2.90. The fraction of sp³-hybridized carbons (Fsp3) is 0.364. The van der Waals surface area contributed by atoms with E-state index in [0.717, 1.165) is 11.3 Å². The molecule has 0 bridgehead atoms. The van der Waals surface area contributed by atoms with Crippen molar-refractivity contribution in [3.05, 3.63) is 33.9 Å². The molecule has 0 spiro atoms. The summed E-state index contributed by atoms with van der Waals surface area (Å²) in [4.78, 5) is 13.1. The summed E-state index contributed by atoms with van der Waals surface area (Å²) in [5, 5.41) is 3.98. The normalized spacial score (nSPS) is 24.3. The van der Waals surface area contributed by atoms with Crippen LogP contribution in [0.2, 0.25) is 0 Å². The van der Waals surface area contributed by atoms with Gasteiger partial charge in [-0.25, -0.2) is 0 Å². The van der Waals surface area contributed by atoms with E-state index in [0.29, 0.717) is 6.61 Å². The number of carbonyl (C=O) groups is 1. The molecular weight excluding hydrogens is 228 g/mol. The molecule has 0 N–H and O–H groups in total. The van der Waals surface area contributed by atoms with Crippen LogP contribution in [0.1, 0.15) is 18.2 Å². The average molecular weight is 240 g/mol. The second-order valence-corrected chi connectivity index (χ2v) is 5.37. The minimum atomic E-state index is -0.510. The number of rotatable bonds is 3. The van der Waals surface area contributed by atoms with E-state index in [1.165, 1.54) is 0 Å². The van der Waals surface area contributed by atoms with E-state index >= 15 is 0 Å². The number of thioether (sulfide) groups is 1. The summed E-state index contributed by atoms with van der Waals surface area (Å²) in [6, 6.07) is 3.97. The van der Waals surface area contributed by atoms with Crippen LogP contribution in [-0.4, -0.2) is 12.6 Å². The first-order valence-corrected chi connectivity index (χ1v) is 6.59. The van der Waals surface area contributed by atoms with E-state index in [1.54, 1.807) is 23.1 Å². The highest BCUT2D eigenvalue weighted by molar-refractivity contribution is 8.04. The van der Waals surface area contributed by atoms with Gasteiger partial charge in [-0.1, -0.05) is 12.1 Å². The molecule has 4 heteroatoms. The van der Waals surface area contributed by atoms with Gasteiger partial charge in [0.2, 0.25) is 0 Å². The lowest BCUT2D eigenvalue weighted by Gasteiger charge is -2.24. The Balaban J connectivity index is 2.29. The van der Waals surface area contributed by atoms with Gasteiger partial charge >= 0.3 is 5.97 Å². The van der Waals surface area contributed by atoms with Crippen LogP contribution in [0.25, 0.3) is 0 Å². The minimum absolute atomic E-state index is 0.123. The first-order valence-electron chi connectivity index (χ1n) is 4.83. The van der Waals surface area contributed by atoms with E-state index in [1.807, 2.05) is 35.9 Å². The van der Waals surface area contributed by atoms with Crippen molar-refractivity contribution in [2.75, 3.05) is 6.61 Å². The summed E-state index contributed by atoms with van der Waals surface area (Å²) in [7, 11) is 0. The second kappa shape index (κ2) is 4.41. The zero-order valence-electron chi connectivity index (χ0n) is 8.43. The van der Waals surface area contributed by atoms with Crippen molar-refractivity contribution in [2.45, 2.75) is 18.1 Å². The Hall–Kier alpha value is -0.740. The monoisotopic (exact) mass is 240 g/mol. The first-order chi connectivity index (χ1) is 7.29. The molecular formula is C11H12O2S2. The lowest BCUT2D eigenvalue weighted by Crippen LogP contribution is -2.31. The van der Waals surface area contributed by atoms with Gasteiger partial charge in [0, 0.05) is 4.88 Å². The Labute approximate surface area is 97.3 Å². The minimum Gasteiger partial charge on any atom is -0.465 e. The van der Waals surface area contributed by atoms with Gasteiger partial charge in [0.25, 0.3) is 0 Å². The molecule has 1 aliphatic heterocycles. The number of esters is 1.